The van der Waals surface area contributed by atoms with Gasteiger partial charge in [0, 0.05) is 12.0 Å². The highest BCUT2D eigenvalue weighted by Gasteiger charge is 2.08. The third-order valence-electron chi connectivity index (χ3n) is 1.76. The van der Waals surface area contributed by atoms with Gasteiger partial charge in [0.05, 0.1) is 0 Å². The van der Waals surface area contributed by atoms with Crippen molar-refractivity contribution < 1.29 is 4.52 Å². The quantitative estimate of drug-likeness (QED) is 0.654. The van der Waals surface area contributed by atoms with E-state index in [0.717, 1.165) is 0 Å². The summed E-state index contributed by atoms with van der Waals surface area (Å²) >= 11 is 0. The molecule has 0 aliphatic carbocycles. The summed E-state index contributed by atoms with van der Waals surface area (Å²) in [4.78, 5) is 22.0. The number of nitrogens with one attached hydrogen (secondary N) is 1. The normalized spacial score (nSPS) is 10.2. The number of hydrogen-bond donors (Lipinski definition) is 1. The van der Waals surface area contributed by atoms with E-state index >= 15 is 0 Å². The maximum absolute atomic E-state index is 11.2. The van der Waals surface area contributed by atoms with Gasteiger partial charge in [0.1, 0.15) is 5.76 Å². The van der Waals surface area contributed by atoms with Crippen LogP contribution in [0, 0.1) is 0 Å². The van der Waals surface area contributed by atoms with Gasteiger partial charge in [-0.25, -0.2) is 0 Å². The molecule has 0 amide bonds. The van der Waals surface area contributed by atoms with Gasteiger partial charge in [0.2, 0.25) is 0 Å². The van der Waals surface area contributed by atoms with Crippen molar-refractivity contribution in [1.82, 2.24) is 5.16 Å². The van der Waals surface area contributed by atoms with E-state index in [1.54, 1.807) is 0 Å². The molecule has 66 valence electrons. The number of aromatic amines is 1. The maximum atomic E-state index is 11.2. The minimum atomic E-state index is -0.677. The van der Waals surface area contributed by atoms with Gasteiger partial charge in [0.25, 0.3) is 5.43 Å². The first-order valence-corrected chi connectivity index (χ1v) is 3.94. The Bertz CT molecular complexity index is 375. The zero-order valence-electron chi connectivity index (χ0n) is 7.14. The van der Waals surface area contributed by atoms with Crippen molar-refractivity contribution in [3.05, 3.63) is 31.9 Å². The molecule has 0 aliphatic heterocycles. The van der Waals surface area contributed by atoms with Crippen LogP contribution in [0.5, 0.6) is 0 Å². The molecule has 0 unspecified atom stereocenters. The molecule has 1 heterocycles. The van der Waals surface area contributed by atoms with Crippen LogP contribution in [0.2, 0.25) is 0 Å². The molecule has 4 heteroatoms. The molecule has 0 fully saturated rings. The van der Waals surface area contributed by atoms with Crippen molar-refractivity contribution in [3.8, 4) is 0 Å². The van der Waals surface area contributed by atoms with Crippen LogP contribution in [-0.4, -0.2) is 5.16 Å². The Morgan fingerprint density at radius 1 is 1.25 bits per heavy atom. The van der Waals surface area contributed by atoms with Crippen molar-refractivity contribution in [3.63, 3.8) is 0 Å². The first-order chi connectivity index (χ1) is 5.70. The Morgan fingerprint density at radius 3 is 2.42 bits per heavy atom. The van der Waals surface area contributed by atoms with Crippen LogP contribution in [-0.2, 0) is 12.8 Å². The highest BCUT2D eigenvalue weighted by atomic mass is 16.5. The summed E-state index contributed by atoms with van der Waals surface area (Å²) in [6.07, 6.45) is 1.16. The van der Waals surface area contributed by atoms with Gasteiger partial charge in [-0.1, -0.05) is 13.8 Å². The number of aryl methyl sites for hydroxylation is 1. The van der Waals surface area contributed by atoms with Gasteiger partial charge in [-0.3, -0.25) is 9.59 Å². The number of H-pyrrole nitrogens is 1. The largest absolute Gasteiger partial charge is 0.383 e. The average molecular weight is 169 g/mol. The summed E-state index contributed by atoms with van der Waals surface area (Å²) in [6, 6.07) is 0. The second kappa shape index (κ2) is 3.38. The van der Waals surface area contributed by atoms with Crippen LogP contribution in [0.15, 0.2) is 14.1 Å². The smallest absolute Gasteiger partial charge is 0.324 e. The molecule has 1 N–H and O–H groups in total. The summed E-state index contributed by atoms with van der Waals surface area (Å²) < 4.78 is 4.87. The Hall–Kier alpha value is -1.32. The van der Waals surface area contributed by atoms with Gasteiger partial charge in [0.15, 0.2) is 0 Å². The predicted octanol–water partition coefficient (Wildman–Crippen LogP) is 0.453. The van der Waals surface area contributed by atoms with Crippen LogP contribution in [0.1, 0.15) is 25.2 Å². The second-order valence-electron chi connectivity index (χ2n) is 2.47. The van der Waals surface area contributed by atoms with Gasteiger partial charge in [-0.05, 0) is 6.42 Å². The van der Waals surface area contributed by atoms with Crippen LogP contribution >= 0.6 is 0 Å². The predicted molar refractivity (Wildman–Crippen MR) is 44.4 cm³/mol. The lowest BCUT2D eigenvalue weighted by Crippen LogP contribution is -2.30. The molecule has 0 bridgehead atoms. The van der Waals surface area contributed by atoms with Crippen molar-refractivity contribution in [2.24, 2.45) is 0 Å². The molecule has 0 spiro atoms. The van der Waals surface area contributed by atoms with Crippen LogP contribution in [0.25, 0.3) is 0 Å². The maximum Gasteiger partial charge on any atom is 0.324 e. The van der Waals surface area contributed by atoms with E-state index < -0.39 is 11.0 Å². The number of aromatic nitrogens is 1. The lowest BCUT2D eigenvalue weighted by atomic mass is 10.1. The minimum absolute atomic E-state index is 0.472. The summed E-state index contributed by atoms with van der Waals surface area (Å²) in [5, 5.41) is 2.05. The first kappa shape index (κ1) is 8.77. The molecule has 0 atom stereocenters. The molecule has 12 heavy (non-hydrogen) atoms. The molecule has 1 aromatic heterocycles. The molecular weight excluding hydrogens is 158 g/mol. The van der Waals surface area contributed by atoms with Gasteiger partial charge in [-0.2, -0.15) is 5.16 Å². The zero-order chi connectivity index (χ0) is 9.14. The Balaban J connectivity index is 3.46. The van der Waals surface area contributed by atoms with Gasteiger partial charge >= 0.3 is 5.56 Å². The molecule has 0 radical (unpaired) electrons. The van der Waals surface area contributed by atoms with Crippen LogP contribution in [0.4, 0.5) is 0 Å². The third-order valence-corrected chi connectivity index (χ3v) is 1.76. The highest BCUT2D eigenvalue weighted by molar-refractivity contribution is 5.14. The Labute approximate surface area is 69.2 Å². The number of hydrogen-bond acceptors (Lipinski definition) is 3. The monoisotopic (exact) mass is 169 g/mol. The van der Waals surface area contributed by atoms with Crippen LogP contribution in [0.3, 0.4) is 0 Å². The number of rotatable bonds is 2. The molecule has 1 rings (SSSR count). The van der Waals surface area contributed by atoms with Crippen molar-refractivity contribution >= 4 is 0 Å². The Morgan fingerprint density at radius 2 is 1.92 bits per heavy atom. The summed E-state index contributed by atoms with van der Waals surface area (Å²) in [7, 11) is 0. The second-order valence-corrected chi connectivity index (χ2v) is 2.47. The van der Waals surface area contributed by atoms with E-state index in [0.29, 0.717) is 24.2 Å². The molecule has 0 aliphatic rings. The van der Waals surface area contributed by atoms with Gasteiger partial charge in [-0.15, -0.1) is 0 Å². The van der Waals surface area contributed by atoms with E-state index in [2.05, 4.69) is 5.16 Å². The van der Waals surface area contributed by atoms with E-state index in [1.807, 2.05) is 13.8 Å². The fourth-order valence-electron chi connectivity index (χ4n) is 1.12. The molecule has 4 nitrogen and oxygen atoms in total. The first-order valence-electron chi connectivity index (χ1n) is 3.94. The molecule has 0 saturated heterocycles. The Kier molecular flexibility index (Phi) is 2.47. The lowest BCUT2D eigenvalue weighted by molar-refractivity contribution is 0.349. The lowest BCUT2D eigenvalue weighted by Gasteiger charge is -1.99. The van der Waals surface area contributed by atoms with Crippen LogP contribution < -0.4 is 11.0 Å². The van der Waals surface area contributed by atoms with E-state index in [9.17, 15) is 9.59 Å². The van der Waals surface area contributed by atoms with Gasteiger partial charge < -0.3 is 4.52 Å². The topological polar surface area (TPSA) is 63.1 Å². The van der Waals surface area contributed by atoms with Crippen molar-refractivity contribution in [1.29, 1.82) is 0 Å². The summed E-state index contributed by atoms with van der Waals surface area (Å²) in [5.74, 6) is 0.571. The van der Waals surface area contributed by atoms with E-state index in [-0.39, 0.29) is 0 Å². The molecular formula is C8H11NO3. The van der Waals surface area contributed by atoms with Crippen molar-refractivity contribution in [2.75, 3.05) is 0 Å². The fourth-order valence-corrected chi connectivity index (χ4v) is 1.12. The fraction of sp³-hybridized carbons (Fsp3) is 0.500. The SMILES string of the molecule is CCc1o[nH]c(=O)c(=O)c1CC. The minimum Gasteiger partial charge on any atom is -0.383 e. The zero-order valence-corrected chi connectivity index (χ0v) is 7.14. The molecule has 0 aromatic carbocycles. The molecule has 0 saturated carbocycles. The highest BCUT2D eigenvalue weighted by Crippen LogP contribution is 2.01. The summed E-state index contributed by atoms with van der Waals surface area (Å²) in [5.41, 5.74) is -0.661. The standard InChI is InChI=1S/C8H11NO3/c1-3-5-6(4-2)12-9-8(11)7(5)10/h3-4H2,1-2H3,(H,9,11). The van der Waals surface area contributed by atoms with E-state index in [4.69, 9.17) is 4.52 Å². The third kappa shape index (κ3) is 1.32. The van der Waals surface area contributed by atoms with Crippen molar-refractivity contribution in [2.45, 2.75) is 26.7 Å². The van der Waals surface area contributed by atoms with E-state index in [1.165, 1.54) is 0 Å². The summed E-state index contributed by atoms with van der Waals surface area (Å²) in [6.45, 7) is 3.70. The molecule has 1 aromatic rings. The average Bonchev–Trinajstić information content (AvgIpc) is 2.09.